The molecule has 7 aromatic carbocycles. The third-order valence-electron chi connectivity index (χ3n) is 10.3. The highest BCUT2D eigenvalue weighted by atomic mass is 28.3. The van der Waals surface area contributed by atoms with Gasteiger partial charge in [0, 0.05) is 22.2 Å². The predicted molar refractivity (Wildman–Crippen MR) is 210 cm³/mol. The minimum absolute atomic E-state index is 0.732. The van der Waals surface area contributed by atoms with E-state index in [4.69, 9.17) is 9.97 Å². The summed E-state index contributed by atoms with van der Waals surface area (Å²) < 4.78 is 2.32. The van der Waals surface area contributed by atoms with Gasteiger partial charge in [-0.2, -0.15) is 0 Å². The molecule has 0 N–H and O–H groups in total. The zero-order chi connectivity index (χ0) is 33.1. The quantitative estimate of drug-likeness (QED) is 0.175. The van der Waals surface area contributed by atoms with Crippen LogP contribution in [0.5, 0.6) is 0 Å². The first-order chi connectivity index (χ1) is 24.8. The van der Waals surface area contributed by atoms with Crippen LogP contribution in [0.3, 0.4) is 0 Å². The lowest BCUT2D eigenvalue weighted by atomic mass is 10.0. The molecule has 3 heterocycles. The Morgan fingerprint density at radius 1 is 0.440 bits per heavy atom. The number of benzene rings is 7. The van der Waals surface area contributed by atoms with Crippen molar-refractivity contribution in [3.63, 3.8) is 0 Å². The van der Waals surface area contributed by atoms with Gasteiger partial charge in [-0.3, -0.25) is 0 Å². The second-order valence-corrected chi connectivity index (χ2v) is 16.7. The number of rotatable bonds is 5. The maximum absolute atomic E-state index is 5.47. The van der Waals surface area contributed by atoms with Crippen LogP contribution >= 0.6 is 0 Å². The first-order valence-electron chi connectivity index (χ1n) is 17.1. The number of hydrogen-bond acceptors (Lipinski definition) is 2. The summed E-state index contributed by atoms with van der Waals surface area (Å²) in [6.45, 7) is 0. The molecule has 0 fully saturated rings. The van der Waals surface area contributed by atoms with Crippen molar-refractivity contribution < 1.29 is 0 Å². The highest BCUT2D eigenvalue weighted by Gasteiger charge is 2.48. The summed E-state index contributed by atoms with van der Waals surface area (Å²) in [6, 6.07) is 67.9. The molecule has 0 aliphatic carbocycles. The topological polar surface area (TPSA) is 30.7 Å². The van der Waals surface area contributed by atoms with Gasteiger partial charge in [-0.25, -0.2) is 9.97 Å². The van der Waals surface area contributed by atoms with Crippen LogP contribution in [0, 0.1) is 0 Å². The van der Waals surface area contributed by atoms with E-state index in [1.54, 1.807) is 0 Å². The molecule has 234 valence electrons. The fourth-order valence-electron chi connectivity index (χ4n) is 8.20. The molecule has 0 amide bonds. The number of hydrogen-bond donors (Lipinski definition) is 0. The van der Waals surface area contributed by atoms with Crippen LogP contribution in [0.25, 0.3) is 61.4 Å². The van der Waals surface area contributed by atoms with Crippen molar-refractivity contribution in [2.45, 2.75) is 0 Å². The van der Waals surface area contributed by atoms with Crippen LogP contribution in [0.15, 0.2) is 188 Å². The highest BCUT2D eigenvalue weighted by Crippen LogP contribution is 2.38. The summed E-state index contributed by atoms with van der Waals surface area (Å²) in [5.41, 5.74) is 9.79. The Hall–Kier alpha value is -6.36. The van der Waals surface area contributed by atoms with Gasteiger partial charge in [0.05, 0.1) is 16.7 Å². The van der Waals surface area contributed by atoms with Crippen molar-refractivity contribution in [1.82, 2.24) is 14.5 Å². The summed E-state index contributed by atoms with van der Waals surface area (Å²) in [5.74, 6) is 0.732. The lowest BCUT2D eigenvalue weighted by Crippen LogP contribution is -2.72. The molecule has 0 bridgehead atoms. The van der Waals surface area contributed by atoms with E-state index in [1.165, 1.54) is 31.9 Å². The van der Waals surface area contributed by atoms with Gasteiger partial charge in [-0.1, -0.05) is 170 Å². The van der Waals surface area contributed by atoms with Crippen LogP contribution in [-0.4, -0.2) is 22.6 Å². The van der Waals surface area contributed by atoms with Crippen LogP contribution in [0.1, 0.15) is 0 Å². The molecule has 50 heavy (non-hydrogen) atoms. The van der Waals surface area contributed by atoms with Crippen molar-refractivity contribution in [2.75, 3.05) is 0 Å². The van der Waals surface area contributed by atoms with Crippen molar-refractivity contribution >= 4 is 50.8 Å². The zero-order valence-corrected chi connectivity index (χ0v) is 28.2. The standard InChI is InChI=1S/C46H31N3Si/c1-5-17-32(18-6-1)43-45-44(39-26-13-15-27-40(39)49(45)34-19-7-2-8-20-34)48-46(47-43)33-29-30-38-37-25-14-16-28-41(37)50(42(38)31-33,35-21-9-3-10-22-35)36-23-11-4-12-24-36/h1-31H. The van der Waals surface area contributed by atoms with Gasteiger partial charge in [0.15, 0.2) is 13.9 Å². The van der Waals surface area contributed by atoms with Crippen molar-refractivity contribution in [3.05, 3.63) is 188 Å². The summed E-state index contributed by atoms with van der Waals surface area (Å²) in [4.78, 5) is 10.9. The third-order valence-corrected chi connectivity index (χ3v) is 15.2. The Kier molecular flexibility index (Phi) is 6.51. The minimum Gasteiger partial charge on any atom is -0.306 e. The molecule has 1 aliphatic rings. The van der Waals surface area contributed by atoms with E-state index < -0.39 is 8.07 Å². The van der Waals surface area contributed by atoms with Gasteiger partial charge < -0.3 is 4.57 Å². The Labute approximate surface area is 291 Å². The Balaban J connectivity index is 1.29. The van der Waals surface area contributed by atoms with Gasteiger partial charge in [-0.15, -0.1) is 0 Å². The van der Waals surface area contributed by atoms with Gasteiger partial charge >= 0.3 is 0 Å². The van der Waals surface area contributed by atoms with Crippen molar-refractivity contribution in [2.24, 2.45) is 0 Å². The first kappa shape index (κ1) is 28.6. The van der Waals surface area contributed by atoms with E-state index in [0.717, 1.165) is 50.3 Å². The zero-order valence-electron chi connectivity index (χ0n) is 27.2. The molecule has 0 unspecified atom stereocenters. The average Bonchev–Trinajstić information content (AvgIpc) is 3.69. The molecule has 2 aromatic heterocycles. The van der Waals surface area contributed by atoms with Crippen LogP contribution in [0.4, 0.5) is 0 Å². The average molecular weight is 654 g/mol. The molecule has 1 aliphatic heterocycles. The van der Waals surface area contributed by atoms with Gasteiger partial charge in [0.25, 0.3) is 0 Å². The monoisotopic (exact) mass is 653 g/mol. The summed E-state index contributed by atoms with van der Waals surface area (Å²) >= 11 is 0. The van der Waals surface area contributed by atoms with Crippen LogP contribution in [-0.2, 0) is 0 Å². The van der Waals surface area contributed by atoms with E-state index in [2.05, 4.69) is 193 Å². The van der Waals surface area contributed by atoms with Gasteiger partial charge in [-0.05, 0) is 50.1 Å². The molecular weight excluding hydrogens is 623 g/mol. The largest absolute Gasteiger partial charge is 0.306 e. The first-order valence-corrected chi connectivity index (χ1v) is 19.1. The molecule has 0 saturated carbocycles. The number of fused-ring (bicyclic) bond motifs is 6. The number of para-hydroxylation sites is 2. The molecular formula is C46H31N3Si. The Morgan fingerprint density at radius 2 is 1.02 bits per heavy atom. The maximum atomic E-state index is 5.47. The molecule has 0 saturated heterocycles. The second kappa shape index (κ2) is 11.4. The van der Waals surface area contributed by atoms with Crippen LogP contribution in [0.2, 0.25) is 0 Å². The van der Waals surface area contributed by atoms with E-state index >= 15 is 0 Å². The second-order valence-electron chi connectivity index (χ2n) is 12.9. The van der Waals surface area contributed by atoms with E-state index in [0.29, 0.717) is 0 Å². The molecule has 0 spiro atoms. The van der Waals surface area contributed by atoms with Crippen LogP contribution < -0.4 is 20.7 Å². The molecule has 4 heteroatoms. The smallest absolute Gasteiger partial charge is 0.180 e. The normalized spacial score (nSPS) is 13.0. The highest BCUT2D eigenvalue weighted by molar-refractivity contribution is 7.22. The van der Waals surface area contributed by atoms with Gasteiger partial charge in [0.2, 0.25) is 0 Å². The third kappa shape index (κ3) is 4.16. The van der Waals surface area contributed by atoms with E-state index in [9.17, 15) is 0 Å². The molecule has 0 radical (unpaired) electrons. The van der Waals surface area contributed by atoms with Crippen molar-refractivity contribution in [1.29, 1.82) is 0 Å². The summed E-state index contributed by atoms with van der Waals surface area (Å²) in [7, 11) is -2.66. The summed E-state index contributed by atoms with van der Waals surface area (Å²) in [5, 5.41) is 6.67. The predicted octanol–water partition coefficient (Wildman–Crippen LogP) is 8.27. The minimum atomic E-state index is -2.66. The maximum Gasteiger partial charge on any atom is 0.180 e. The molecule has 0 atom stereocenters. The fourth-order valence-corrected chi connectivity index (χ4v) is 13.4. The number of aromatic nitrogens is 3. The van der Waals surface area contributed by atoms with Gasteiger partial charge in [0.1, 0.15) is 5.52 Å². The van der Waals surface area contributed by atoms with E-state index in [-0.39, 0.29) is 0 Å². The van der Waals surface area contributed by atoms with Crippen molar-refractivity contribution in [3.8, 4) is 39.5 Å². The fraction of sp³-hybridized carbons (Fsp3) is 0. The lowest BCUT2D eigenvalue weighted by molar-refractivity contribution is 1.15. The SMILES string of the molecule is c1ccc(-c2nc(-c3ccc4c(c3)[Si](c3ccccc3)(c3ccccc3)c3ccccc3-4)nc3c4ccccc4n(-c4ccccc4)c23)cc1. The molecule has 10 rings (SSSR count). The number of nitrogens with zero attached hydrogens (tertiary/aromatic N) is 3. The van der Waals surface area contributed by atoms with E-state index in [1.807, 2.05) is 0 Å². The summed E-state index contributed by atoms with van der Waals surface area (Å²) in [6.07, 6.45) is 0. The Morgan fingerprint density at radius 3 is 1.74 bits per heavy atom. The Bertz CT molecular complexity index is 2650. The lowest BCUT2D eigenvalue weighted by Gasteiger charge is -2.31. The molecule has 9 aromatic rings. The molecule has 3 nitrogen and oxygen atoms in total.